The van der Waals surface area contributed by atoms with E-state index in [4.69, 9.17) is 0 Å². The molecule has 1 aromatic rings. The smallest absolute Gasteiger partial charge is 0.189 e. The van der Waals surface area contributed by atoms with Crippen LogP contribution in [0.2, 0.25) is 0 Å². The molecule has 0 amide bonds. The van der Waals surface area contributed by atoms with E-state index >= 15 is 0 Å². The van der Waals surface area contributed by atoms with Crippen LogP contribution >= 0.6 is 0 Å². The lowest BCUT2D eigenvalue weighted by Crippen LogP contribution is -1.94. The number of hydrogen-bond acceptors (Lipinski definition) is 2. The Morgan fingerprint density at radius 3 is 2.61 bits per heavy atom. The molecule has 0 saturated carbocycles. The van der Waals surface area contributed by atoms with Gasteiger partial charge in [0.25, 0.3) is 0 Å². The van der Waals surface area contributed by atoms with Crippen LogP contribution in [-0.4, -0.2) is 10.9 Å². The number of para-hydroxylation sites is 1. The van der Waals surface area contributed by atoms with Crippen molar-refractivity contribution in [2.24, 2.45) is 0 Å². The molecular weight excluding hydrogens is 224 g/mol. The third kappa shape index (κ3) is 5.17. The largest absolute Gasteiger partial charge is 0.507 e. The highest BCUT2D eigenvalue weighted by atomic mass is 16.3. The Morgan fingerprint density at radius 1 is 1.17 bits per heavy atom. The first kappa shape index (κ1) is 14.5. The number of allylic oxidation sites excluding steroid dienone is 2. The third-order valence-electron chi connectivity index (χ3n) is 2.91. The summed E-state index contributed by atoms with van der Waals surface area (Å²) < 4.78 is 0. The molecule has 2 nitrogen and oxygen atoms in total. The van der Waals surface area contributed by atoms with E-state index in [2.05, 4.69) is 6.92 Å². The maximum Gasteiger partial charge on any atom is 0.189 e. The van der Waals surface area contributed by atoms with Gasteiger partial charge < -0.3 is 5.11 Å². The van der Waals surface area contributed by atoms with Crippen molar-refractivity contribution >= 4 is 5.78 Å². The molecule has 1 aromatic carbocycles. The van der Waals surface area contributed by atoms with E-state index in [-0.39, 0.29) is 11.5 Å². The Kier molecular flexibility index (Phi) is 6.85. The van der Waals surface area contributed by atoms with Crippen LogP contribution in [0.25, 0.3) is 0 Å². The van der Waals surface area contributed by atoms with Crippen molar-refractivity contribution in [3.05, 3.63) is 42.0 Å². The highest BCUT2D eigenvalue weighted by molar-refractivity contribution is 6.06. The minimum absolute atomic E-state index is 0.0510. The first-order chi connectivity index (χ1) is 8.75. The molecule has 18 heavy (non-hydrogen) atoms. The monoisotopic (exact) mass is 246 g/mol. The van der Waals surface area contributed by atoms with Crippen molar-refractivity contribution in [1.29, 1.82) is 0 Å². The summed E-state index contributed by atoms with van der Waals surface area (Å²) in [5.74, 6) is -0.0725. The van der Waals surface area contributed by atoms with E-state index in [0.29, 0.717) is 5.56 Å². The summed E-state index contributed by atoms with van der Waals surface area (Å²) >= 11 is 0. The Bertz CT molecular complexity index is 394. The number of carbonyl (C=O) groups excluding carboxylic acids is 1. The van der Waals surface area contributed by atoms with Crippen molar-refractivity contribution in [3.63, 3.8) is 0 Å². The molecule has 0 aliphatic carbocycles. The molecule has 0 aromatic heterocycles. The van der Waals surface area contributed by atoms with Gasteiger partial charge in [0.05, 0.1) is 5.56 Å². The average molecular weight is 246 g/mol. The van der Waals surface area contributed by atoms with Crippen molar-refractivity contribution < 1.29 is 9.90 Å². The molecule has 0 aliphatic heterocycles. The summed E-state index contributed by atoms with van der Waals surface area (Å²) in [5.41, 5.74) is 0.375. The molecule has 2 heteroatoms. The fourth-order valence-corrected chi connectivity index (χ4v) is 1.83. The molecule has 1 N–H and O–H groups in total. The minimum Gasteiger partial charge on any atom is -0.507 e. The molecule has 0 aliphatic rings. The van der Waals surface area contributed by atoms with Gasteiger partial charge in [-0.2, -0.15) is 0 Å². The molecule has 0 radical (unpaired) electrons. The number of benzene rings is 1. The maximum absolute atomic E-state index is 11.8. The molecule has 0 spiro atoms. The van der Waals surface area contributed by atoms with Gasteiger partial charge in [-0.05, 0) is 31.1 Å². The normalized spacial score (nSPS) is 10.9. The Labute approximate surface area is 109 Å². The Hall–Kier alpha value is -1.57. The molecule has 0 saturated heterocycles. The third-order valence-corrected chi connectivity index (χ3v) is 2.91. The second-order valence-electron chi connectivity index (χ2n) is 4.49. The zero-order chi connectivity index (χ0) is 13.2. The van der Waals surface area contributed by atoms with Gasteiger partial charge in [-0.15, -0.1) is 0 Å². The van der Waals surface area contributed by atoms with Crippen molar-refractivity contribution in [2.75, 3.05) is 0 Å². The van der Waals surface area contributed by atoms with Gasteiger partial charge in [-0.3, -0.25) is 4.79 Å². The van der Waals surface area contributed by atoms with E-state index < -0.39 is 0 Å². The molecule has 0 fully saturated rings. The van der Waals surface area contributed by atoms with Gasteiger partial charge in [0, 0.05) is 0 Å². The van der Waals surface area contributed by atoms with Crippen molar-refractivity contribution in [1.82, 2.24) is 0 Å². The predicted octanol–water partition coefficient (Wildman–Crippen LogP) is 4.49. The maximum atomic E-state index is 11.8. The second kappa shape index (κ2) is 8.51. The van der Waals surface area contributed by atoms with Crippen LogP contribution in [-0.2, 0) is 0 Å². The molecule has 0 heterocycles. The predicted molar refractivity (Wildman–Crippen MR) is 75.0 cm³/mol. The Morgan fingerprint density at radius 2 is 1.89 bits per heavy atom. The summed E-state index contributed by atoms with van der Waals surface area (Å²) in [5, 5.41) is 9.53. The number of ketones is 1. The van der Waals surface area contributed by atoms with E-state index in [9.17, 15) is 9.90 Å². The van der Waals surface area contributed by atoms with Crippen molar-refractivity contribution in [3.8, 4) is 5.75 Å². The summed E-state index contributed by atoms with van der Waals surface area (Å²) in [6.07, 6.45) is 10.6. The SMILES string of the molecule is CCCCCCCC=CC(=O)c1ccccc1O. The van der Waals surface area contributed by atoms with Crippen LogP contribution in [0.1, 0.15) is 55.8 Å². The van der Waals surface area contributed by atoms with Crippen LogP contribution in [0.3, 0.4) is 0 Å². The van der Waals surface area contributed by atoms with E-state index in [1.807, 2.05) is 6.08 Å². The van der Waals surface area contributed by atoms with Crippen LogP contribution in [0.15, 0.2) is 36.4 Å². The van der Waals surface area contributed by atoms with Gasteiger partial charge in [-0.25, -0.2) is 0 Å². The number of carbonyl (C=O) groups is 1. The number of phenolic OH excluding ortho intramolecular Hbond substituents is 1. The molecular formula is C16H22O2. The lowest BCUT2D eigenvalue weighted by Gasteiger charge is -1.99. The lowest BCUT2D eigenvalue weighted by molar-refractivity contribution is 0.104. The summed E-state index contributed by atoms with van der Waals surface area (Å²) in [7, 11) is 0. The van der Waals surface area contributed by atoms with Gasteiger partial charge in [0.2, 0.25) is 0 Å². The van der Waals surface area contributed by atoms with E-state index in [1.54, 1.807) is 24.3 Å². The molecule has 0 atom stereocenters. The second-order valence-corrected chi connectivity index (χ2v) is 4.49. The van der Waals surface area contributed by atoms with E-state index in [0.717, 1.165) is 12.8 Å². The zero-order valence-corrected chi connectivity index (χ0v) is 11.1. The first-order valence-corrected chi connectivity index (χ1v) is 6.74. The van der Waals surface area contributed by atoms with Crippen LogP contribution in [0, 0.1) is 0 Å². The fraction of sp³-hybridized carbons (Fsp3) is 0.438. The number of aromatic hydroxyl groups is 1. The number of rotatable bonds is 8. The fourth-order valence-electron chi connectivity index (χ4n) is 1.83. The Balaban J connectivity index is 2.30. The average Bonchev–Trinajstić information content (AvgIpc) is 2.38. The first-order valence-electron chi connectivity index (χ1n) is 6.74. The quantitative estimate of drug-likeness (QED) is 0.417. The van der Waals surface area contributed by atoms with E-state index in [1.165, 1.54) is 31.7 Å². The molecule has 1 rings (SSSR count). The topological polar surface area (TPSA) is 37.3 Å². The number of unbranched alkanes of at least 4 members (excludes halogenated alkanes) is 5. The van der Waals surface area contributed by atoms with Crippen molar-refractivity contribution in [2.45, 2.75) is 45.4 Å². The van der Waals surface area contributed by atoms with Gasteiger partial charge in [-0.1, -0.05) is 50.8 Å². The summed E-state index contributed by atoms with van der Waals surface area (Å²) in [6, 6.07) is 6.64. The summed E-state index contributed by atoms with van der Waals surface area (Å²) in [6.45, 7) is 2.20. The molecule has 0 bridgehead atoms. The molecule has 98 valence electrons. The van der Waals surface area contributed by atoms with Crippen LogP contribution in [0.4, 0.5) is 0 Å². The van der Waals surface area contributed by atoms with Gasteiger partial charge in [0.15, 0.2) is 5.78 Å². The highest BCUT2D eigenvalue weighted by Gasteiger charge is 2.05. The zero-order valence-electron chi connectivity index (χ0n) is 11.1. The number of phenols is 1. The van der Waals surface area contributed by atoms with Crippen LogP contribution < -0.4 is 0 Å². The van der Waals surface area contributed by atoms with Crippen LogP contribution in [0.5, 0.6) is 5.75 Å². The number of hydrogen-bond donors (Lipinski definition) is 1. The van der Waals surface area contributed by atoms with Gasteiger partial charge in [0.1, 0.15) is 5.75 Å². The van der Waals surface area contributed by atoms with Gasteiger partial charge >= 0.3 is 0 Å². The molecule has 0 unspecified atom stereocenters. The highest BCUT2D eigenvalue weighted by Crippen LogP contribution is 2.16. The standard InChI is InChI=1S/C16H22O2/c1-2-3-4-5-6-7-8-12-15(17)14-11-9-10-13-16(14)18/h8-13,18H,2-7H2,1H3. The lowest BCUT2D eigenvalue weighted by atomic mass is 10.1. The summed E-state index contributed by atoms with van der Waals surface area (Å²) in [4.78, 5) is 11.8. The minimum atomic E-state index is -0.123.